The summed E-state index contributed by atoms with van der Waals surface area (Å²) in [6, 6.07) is 10.2. The van der Waals surface area contributed by atoms with Crippen LogP contribution in [0.2, 0.25) is 0 Å². The van der Waals surface area contributed by atoms with Crippen molar-refractivity contribution in [2.75, 3.05) is 19.8 Å². The molecule has 1 aromatic carbocycles. The molecule has 3 aromatic rings. The van der Waals surface area contributed by atoms with Crippen molar-refractivity contribution in [1.82, 2.24) is 9.97 Å². The summed E-state index contributed by atoms with van der Waals surface area (Å²) in [4.78, 5) is 12.5. The maximum atomic E-state index is 15.0. The van der Waals surface area contributed by atoms with Gasteiger partial charge in [-0.05, 0) is 35.9 Å². The summed E-state index contributed by atoms with van der Waals surface area (Å²) >= 11 is 0. The van der Waals surface area contributed by atoms with Crippen molar-refractivity contribution in [3.05, 3.63) is 71.2 Å². The third-order valence-electron chi connectivity index (χ3n) is 6.31. The number of benzene rings is 1. The number of fused-ring (bicyclic) bond motifs is 4. The van der Waals surface area contributed by atoms with E-state index in [0.29, 0.717) is 46.8 Å². The molecule has 2 N–H and O–H groups in total. The number of aromatic nitrogens is 2. The standard InChI is InChI=1S/C23H18F2N4O3/c1-22(9-30-10-22)15-8-16-20(28-19(15)25)32-17-5-4-12(13-3-2-6-27-18(13)24)7-14(17)23(16)11-31-21(26)29-23/h2-8H,9-11H2,1H3,(H2,26,29)/t23-/m0/s1. The van der Waals surface area contributed by atoms with Gasteiger partial charge in [0.2, 0.25) is 17.8 Å². The number of halogens is 2. The first-order chi connectivity index (χ1) is 15.4. The molecule has 5 heterocycles. The van der Waals surface area contributed by atoms with Crippen LogP contribution in [0.4, 0.5) is 8.78 Å². The smallest absolute Gasteiger partial charge is 0.283 e. The number of hydrogen-bond acceptors (Lipinski definition) is 7. The number of amidine groups is 1. The van der Waals surface area contributed by atoms with Crippen LogP contribution in [0.3, 0.4) is 0 Å². The predicted molar refractivity (Wildman–Crippen MR) is 110 cm³/mol. The highest BCUT2D eigenvalue weighted by atomic mass is 19.1. The molecule has 2 aromatic heterocycles. The molecule has 0 aliphatic carbocycles. The lowest BCUT2D eigenvalue weighted by molar-refractivity contribution is -0.0520. The minimum absolute atomic E-state index is 0.00539. The first-order valence-electron chi connectivity index (χ1n) is 10.1. The molecule has 0 saturated carbocycles. The molecule has 1 saturated heterocycles. The second-order valence-electron chi connectivity index (χ2n) is 8.49. The average molecular weight is 436 g/mol. The molecule has 3 aliphatic heterocycles. The molecule has 7 nitrogen and oxygen atoms in total. The molecule has 3 aliphatic rings. The first kappa shape index (κ1) is 19.1. The van der Waals surface area contributed by atoms with Crippen LogP contribution >= 0.6 is 0 Å². The van der Waals surface area contributed by atoms with Crippen LogP contribution in [-0.4, -0.2) is 35.8 Å². The van der Waals surface area contributed by atoms with Gasteiger partial charge in [-0.2, -0.15) is 13.8 Å². The Labute approximate surface area is 181 Å². The Morgan fingerprint density at radius 2 is 1.84 bits per heavy atom. The summed E-state index contributed by atoms with van der Waals surface area (Å²) in [6.07, 6.45) is 1.39. The fraction of sp³-hybridized carbons (Fsp3) is 0.261. The zero-order valence-electron chi connectivity index (χ0n) is 17.1. The van der Waals surface area contributed by atoms with Gasteiger partial charge in [0.05, 0.1) is 18.8 Å². The van der Waals surface area contributed by atoms with Gasteiger partial charge in [-0.3, -0.25) is 0 Å². The van der Waals surface area contributed by atoms with Gasteiger partial charge >= 0.3 is 0 Å². The van der Waals surface area contributed by atoms with Crippen molar-refractivity contribution < 1.29 is 23.0 Å². The summed E-state index contributed by atoms with van der Waals surface area (Å²) in [5.41, 5.74) is 6.84. The molecule has 1 spiro atoms. The fourth-order valence-electron chi connectivity index (χ4n) is 4.50. The maximum absolute atomic E-state index is 15.0. The van der Waals surface area contributed by atoms with Crippen LogP contribution in [0.5, 0.6) is 11.6 Å². The van der Waals surface area contributed by atoms with E-state index >= 15 is 0 Å². The summed E-state index contributed by atoms with van der Waals surface area (Å²) in [7, 11) is 0. The van der Waals surface area contributed by atoms with Crippen molar-refractivity contribution in [2.24, 2.45) is 10.7 Å². The zero-order valence-corrected chi connectivity index (χ0v) is 17.1. The van der Waals surface area contributed by atoms with Gasteiger partial charge in [0.15, 0.2) is 5.54 Å². The molecule has 32 heavy (non-hydrogen) atoms. The Morgan fingerprint density at radius 3 is 2.53 bits per heavy atom. The van der Waals surface area contributed by atoms with E-state index in [1.807, 2.05) is 6.92 Å². The molecule has 0 amide bonds. The van der Waals surface area contributed by atoms with Crippen molar-refractivity contribution in [2.45, 2.75) is 17.9 Å². The number of hydrogen-bond donors (Lipinski definition) is 1. The van der Waals surface area contributed by atoms with E-state index in [4.69, 9.17) is 19.9 Å². The first-order valence-corrected chi connectivity index (χ1v) is 10.1. The second-order valence-corrected chi connectivity index (χ2v) is 8.49. The molecule has 162 valence electrons. The Hall–Kier alpha value is -3.59. The number of ether oxygens (including phenoxy) is 3. The SMILES string of the molecule is CC1(c2cc3c(nc2F)Oc2ccc(-c4cccnc4F)cc2[C@@]32COC(N)=N2)COC1. The van der Waals surface area contributed by atoms with E-state index in [1.165, 1.54) is 6.20 Å². The van der Waals surface area contributed by atoms with Gasteiger partial charge in [0.25, 0.3) is 6.02 Å². The topological polar surface area (TPSA) is 91.9 Å². The Bertz CT molecular complexity index is 1310. The number of nitrogens with zero attached hydrogens (tertiary/aromatic N) is 3. The molecule has 1 fully saturated rings. The largest absolute Gasteiger partial charge is 0.462 e. The Balaban J connectivity index is 1.58. The summed E-state index contributed by atoms with van der Waals surface area (Å²) in [5, 5.41) is 0. The lowest BCUT2D eigenvalue weighted by Gasteiger charge is -2.40. The molecule has 0 bridgehead atoms. The van der Waals surface area contributed by atoms with E-state index in [2.05, 4.69) is 15.0 Å². The fourth-order valence-corrected chi connectivity index (χ4v) is 4.50. The predicted octanol–water partition coefficient (Wildman–Crippen LogP) is 3.40. The van der Waals surface area contributed by atoms with Crippen molar-refractivity contribution in [1.29, 1.82) is 0 Å². The van der Waals surface area contributed by atoms with Crippen LogP contribution in [0.15, 0.2) is 47.6 Å². The van der Waals surface area contributed by atoms with E-state index in [1.54, 1.807) is 36.4 Å². The van der Waals surface area contributed by atoms with Gasteiger partial charge in [0.1, 0.15) is 12.4 Å². The zero-order chi connectivity index (χ0) is 22.1. The van der Waals surface area contributed by atoms with E-state index < -0.39 is 22.8 Å². The molecule has 0 unspecified atom stereocenters. The number of nitrogens with two attached hydrogens (primary N) is 1. The van der Waals surface area contributed by atoms with Crippen LogP contribution in [0.1, 0.15) is 23.6 Å². The van der Waals surface area contributed by atoms with E-state index in [-0.39, 0.29) is 18.5 Å². The monoisotopic (exact) mass is 436 g/mol. The van der Waals surface area contributed by atoms with Gasteiger partial charge in [0, 0.05) is 28.3 Å². The van der Waals surface area contributed by atoms with Gasteiger partial charge < -0.3 is 19.9 Å². The van der Waals surface area contributed by atoms with Gasteiger partial charge in [-0.1, -0.05) is 13.0 Å². The third kappa shape index (κ3) is 2.57. The molecular weight excluding hydrogens is 418 g/mol. The average Bonchev–Trinajstić information content (AvgIpc) is 3.14. The van der Waals surface area contributed by atoms with Crippen molar-refractivity contribution in [3.8, 4) is 22.8 Å². The molecule has 6 rings (SSSR count). The van der Waals surface area contributed by atoms with Crippen LogP contribution in [0, 0.1) is 11.9 Å². The molecule has 9 heteroatoms. The van der Waals surface area contributed by atoms with Crippen molar-refractivity contribution >= 4 is 6.02 Å². The van der Waals surface area contributed by atoms with Crippen LogP contribution in [0.25, 0.3) is 11.1 Å². The normalized spacial score (nSPS) is 22.3. The Morgan fingerprint density at radius 1 is 1.00 bits per heavy atom. The van der Waals surface area contributed by atoms with Crippen LogP contribution < -0.4 is 10.5 Å². The minimum atomic E-state index is -1.10. The van der Waals surface area contributed by atoms with Crippen LogP contribution in [-0.2, 0) is 20.4 Å². The van der Waals surface area contributed by atoms with E-state index in [9.17, 15) is 8.78 Å². The molecular formula is C23H18F2N4O3. The summed E-state index contributed by atoms with van der Waals surface area (Å²) in [5.74, 6) is -0.679. The number of aliphatic imine (C=N–C) groups is 1. The highest BCUT2D eigenvalue weighted by Gasteiger charge is 2.49. The highest BCUT2D eigenvalue weighted by Crippen LogP contribution is 2.52. The maximum Gasteiger partial charge on any atom is 0.283 e. The lowest BCUT2D eigenvalue weighted by atomic mass is 9.76. The quantitative estimate of drug-likeness (QED) is 0.619. The van der Waals surface area contributed by atoms with E-state index in [0.717, 1.165) is 0 Å². The summed E-state index contributed by atoms with van der Waals surface area (Å²) in [6.45, 7) is 2.78. The molecule has 1 atom stereocenters. The minimum Gasteiger partial charge on any atom is -0.462 e. The molecule has 0 radical (unpaired) electrons. The number of rotatable bonds is 2. The highest BCUT2D eigenvalue weighted by molar-refractivity contribution is 5.77. The lowest BCUT2D eigenvalue weighted by Crippen LogP contribution is -2.45. The van der Waals surface area contributed by atoms with Gasteiger partial charge in [-0.25, -0.2) is 9.98 Å². The van der Waals surface area contributed by atoms with Gasteiger partial charge in [-0.15, -0.1) is 0 Å². The van der Waals surface area contributed by atoms with Crippen molar-refractivity contribution in [3.63, 3.8) is 0 Å². The summed E-state index contributed by atoms with van der Waals surface area (Å²) < 4.78 is 46.2. The Kier molecular flexibility index (Phi) is 3.86. The second kappa shape index (κ2) is 6.46. The number of pyridine rings is 2. The third-order valence-corrected chi connectivity index (χ3v) is 6.31.